The first-order valence-electron chi connectivity index (χ1n) is 12.8. The molecule has 0 saturated carbocycles. The summed E-state index contributed by atoms with van der Waals surface area (Å²) in [6.45, 7) is 20.5. The molecule has 0 aliphatic rings. The van der Waals surface area contributed by atoms with Gasteiger partial charge in [0.15, 0.2) is 0 Å². The minimum atomic E-state index is -0.00114. The van der Waals surface area contributed by atoms with Gasteiger partial charge in [-0.25, -0.2) is 0 Å². The number of anilines is 2. The van der Waals surface area contributed by atoms with Crippen molar-refractivity contribution in [1.29, 1.82) is 0 Å². The van der Waals surface area contributed by atoms with Gasteiger partial charge >= 0.3 is 0 Å². The molecule has 0 bridgehead atoms. The van der Waals surface area contributed by atoms with E-state index in [-0.39, 0.29) is 34.5 Å². The molecule has 2 amide bonds. The van der Waals surface area contributed by atoms with Crippen LogP contribution in [0.3, 0.4) is 0 Å². The van der Waals surface area contributed by atoms with Crippen LogP contribution in [-0.4, -0.2) is 11.8 Å². The molecule has 0 aliphatic heterocycles. The fourth-order valence-electron chi connectivity index (χ4n) is 2.66. The summed E-state index contributed by atoms with van der Waals surface area (Å²) in [5.74, 6) is 0.101. The molecule has 0 unspecified atom stereocenters. The van der Waals surface area contributed by atoms with E-state index >= 15 is 0 Å². The molecule has 2 N–H and O–H groups in total. The van der Waals surface area contributed by atoms with Crippen LogP contribution < -0.4 is 10.6 Å². The molecular formula is C32H46N2O2. The topological polar surface area (TPSA) is 58.2 Å². The van der Waals surface area contributed by atoms with E-state index in [1.807, 2.05) is 76.2 Å². The van der Waals surface area contributed by atoms with Crippen molar-refractivity contribution in [1.82, 2.24) is 0 Å². The molecule has 0 aliphatic carbocycles. The number of rotatable bonds is 6. The molecule has 0 atom stereocenters. The third-order valence-corrected chi connectivity index (χ3v) is 4.93. The Morgan fingerprint density at radius 2 is 1.08 bits per heavy atom. The van der Waals surface area contributed by atoms with Gasteiger partial charge in [0.25, 0.3) is 0 Å². The van der Waals surface area contributed by atoms with Crippen molar-refractivity contribution < 1.29 is 9.59 Å². The zero-order chi connectivity index (χ0) is 27.5. The molecule has 2 aromatic rings. The summed E-state index contributed by atoms with van der Waals surface area (Å²) < 4.78 is 0. The van der Waals surface area contributed by atoms with Gasteiger partial charge in [-0.15, -0.1) is 0 Å². The first kappa shape index (κ1) is 30.9. The standard InChI is InChI=1S/2C16H23NO/c1-12(2)15(18)17-14-8-6-13(7-9-14)10-11-16(3,4)5;1-12(2)15(18)17-14-8-6-7-13(11-14)9-10-16(3,4)5/h2*6-12H,1-5H3,(H,17,18)/b11-10+;10-9+. The summed E-state index contributed by atoms with van der Waals surface area (Å²) >= 11 is 0. The van der Waals surface area contributed by atoms with Crippen LogP contribution in [0.25, 0.3) is 12.2 Å². The lowest BCUT2D eigenvalue weighted by Crippen LogP contribution is -2.17. The number of carbonyl (C=O) groups excluding carboxylic acids is 2. The van der Waals surface area contributed by atoms with Gasteiger partial charge in [0, 0.05) is 23.2 Å². The second-order valence-corrected chi connectivity index (χ2v) is 11.9. The summed E-state index contributed by atoms with van der Waals surface area (Å²) in [7, 11) is 0. The normalized spacial score (nSPS) is 12.1. The predicted molar refractivity (Wildman–Crippen MR) is 157 cm³/mol. The zero-order valence-corrected chi connectivity index (χ0v) is 23.9. The first-order valence-corrected chi connectivity index (χ1v) is 12.8. The Hall–Kier alpha value is -3.14. The Kier molecular flexibility index (Phi) is 11.9. The fourth-order valence-corrected chi connectivity index (χ4v) is 2.66. The monoisotopic (exact) mass is 490 g/mol. The Labute approximate surface area is 219 Å². The van der Waals surface area contributed by atoms with Crippen LogP contribution in [0.2, 0.25) is 0 Å². The molecule has 4 heteroatoms. The van der Waals surface area contributed by atoms with E-state index < -0.39 is 0 Å². The lowest BCUT2D eigenvalue weighted by Gasteiger charge is -2.11. The zero-order valence-electron chi connectivity index (χ0n) is 23.9. The van der Waals surface area contributed by atoms with E-state index in [4.69, 9.17) is 0 Å². The molecule has 0 saturated heterocycles. The van der Waals surface area contributed by atoms with Crippen LogP contribution in [0, 0.1) is 22.7 Å². The maximum Gasteiger partial charge on any atom is 0.226 e. The molecule has 0 aromatic heterocycles. The van der Waals surface area contributed by atoms with Crippen LogP contribution in [0.4, 0.5) is 11.4 Å². The molecule has 0 radical (unpaired) electrons. The van der Waals surface area contributed by atoms with Crippen LogP contribution in [0.1, 0.15) is 80.4 Å². The van der Waals surface area contributed by atoms with Crippen LogP contribution in [-0.2, 0) is 9.59 Å². The van der Waals surface area contributed by atoms with Gasteiger partial charge < -0.3 is 10.6 Å². The smallest absolute Gasteiger partial charge is 0.226 e. The van der Waals surface area contributed by atoms with Crippen LogP contribution in [0.5, 0.6) is 0 Å². The largest absolute Gasteiger partial charge is 0.326 e. The highest BCUT2D eigenvalue weighted by atomic mass is 16.2. The van der Waals surface area contributed by atoms with Gasteiger partial charge in [-0.3, -0.25) is 9.59 Å². The number of allylic oxidation sites excluding steroid dienone is 2. The van der Waals surface area contributed by atoms with E-state index in [9.17, 15) is 9.59 Å². The lowest BCUT2D eigenvalue weighted by molar-refractivity contribution is -0.119. The van der Waals surface area contributed by atoms with Gasteiger partial charge in [0.05, 0.1) is 0 Å². The van der Waals surface area contributed by atoms with Crippen molar-refractivity contribution in [2.45, 2.75) is 69.2 Å². The first-order chi connectivity index (χ1) is 16.6. The predicted octanol–water partition coefficient (Wildman–Crippen LogP) is 8.68. The van der Waals surface area contributed by atoms with Gasteiger partial charge in [-0.05, 0) is 46.2 Å². The molecule has 196 valence electrons. The molecule has 0 fully saturated rings. The second kappa shape index (κ2) is 13.8. The summed E-state index contributed by atoms with van der Waals surface area (Å²) in [5.41, 5.74) is 4.30. The van der Waals surface area contributed by atoms with E-state index in [1.54, 1.807) is 0 Å². The van der Waals surface area contributed by atoms with Gasteiger partial charge in [-0.1, -0.05) is 118 Å². The molecule has 4 nitrogen and oxygen atoms in total. The maximum absolute atomic E-state index is 11.6. The Morgan fingerprint density at radius 3 is 1.53 bits per heavy atom. The highest BCUT2D eigenvalue weighted by Gasteiger charge is 2.08. The average Bonchev–Trinajstić information content (AvgIpc) is 2.77. The number of amides is 2. The Bertz CT molecular complexity index is 1030. The van der Waals surface area contributed by atoms with Crippen molar-refractivity contribution in [3.8, 4) is 0 Å². The SMILES string of the molecule is CC(C)C(=O)Nc1ccc(/C=C/C(C)(C)C)cc1.CC(C)C(=O)Nc1cccc(/C=C/C(C)(C)C)c1. The van der Waals surface area contributed by atoms with E-state index in [2.05, 4.69) is 76.5 Å². The van der Waals surface area contributed by atoms with Gasteiger partial charge in [-0.2, -0.15) is 0 Å². The number of nitrogens with one attached hydrogen (secondary N) is 2. The third kappa shape index (κ3) is 13.7. The average molecular weight is 491 g/mol. The highest BCUT2D eigenvalue weighted by molar-refractivity contribution is 5.92. The van der Waals surface area contributed by atoms with Crippen molar-refractivity contribution in [2.24, 2.45) is 22.7 Å². The minimum absolute atomic E-state index is 0.00114. The Morgan fingerprint density at radius 1 is 0.639 bits per heavy atom. The van der Waals surface area contributed by atoms with Crippen molar-refractivity contribution in [3.63, 3.8) is 0 Å². The second-order valence-electron chi connectivity index (χ2n) is 11.9. The quantitative estimate of drug-likeness (QED) is 0.425. The maximum atomic E-state index is 11.6. The third-order valence-electron chi connectivity index (χ3n) is 4.93. The number of hydrogen-bond donors (Lipinski definition) is 2. The van der Waals surface area contributed by atoms with Crippen molar-refractivity contribution in [3.05, 3.63) is 71.8 Å². The molecular weight excluding hydrogens is 444 g/mol. The molecule has 36 heavy (non-hydrogen) atoms. The molecule has 0 spiro atoms. The summed E-state index contributed by atoms with van der Waals surface area (Å²) in [5, 5.41) is 5.78. The van der Waals surface area contributed by atoms with E-state index in [0.717, 1.165) is 22.5 Å². The van der Waals surface area contributed by atoms with E-state index in [1.165, 1.54) is 0 Å². The van der Waals surface area contributed by atoms with Gasteiger partial charge in [0.1, 0.15) is 0 Å². The summed E-state index contributed by atoms with van der Waals surface area (Å²) in [6, 6.07) is 15.8. The van der Waals surface area contributed by atoms with Gasteiger partial charge in [0.2, 0.25) is 11.8 Å². The molecule has 0 heterocycles. The minimum Gasteiger partial charge on any atom is -0.326 e. The molecule has 2 aromatic carbocycles. The Balaban J connectivity index is 0.000000360. The summed E-state index contributed by atoms with van der Waals surface area (Å²) in [6.07, 6.45) is 8.53. The van der Waals surface area contributed by atoms with Crippen molar-refractivity contribution >= 4 is 35.3 Å². The fraction of sp³-hybridized carbons (Fsp3) is 0.438. The molecule has 2 rings (SSSR count). The lowest BCUT2D eigenvalue weighted by atomic mass is 9.95. The van der Waals surface area contributed by atoms with E-state index in [0.29, 0.717) is 0 Å². The number of carbonyl (C=O) groups is 2. The van der Waals surface area contributed by atoms with Crippen molar-refractivity contribution in [2.75, 3.05) is 10.6 Å². The summed E-state index contributed by atoms with van der Waals surface area (Å²) in [4.78, 5) is 23.1. The highest BCUT2D eigenvalue weighted by Crippen LogP contribution is 2.20. The number of benzene rings is 2. The van der Waals surface area contributed by atoms with Crippen LogP contribution in [0.15, 0.2) is 60.7 Å². The number of hydrogen-bond acceptors (Lipinski definition) is 2. The van der Waals surface area contributed by atoms with Crippen LogP contribution >= 0.6 is 0 Å².